The van der Waals surface area contributed by atoms with Crippen molar-refractivity contribution in [3.8, 4) is 6.07 Å². The molecule has 0 aliphatic heterocycles. The molecule has 0 aliphatic rings. The fourth-order valence-corrected chi connectivity index (χ4v) is 1.08. The van der Waals surface area contributed by atoms with Crippen LogP contribution in [0.4, 0.5) is 0 Å². The van der Waals surface area contributed by atoms with Crippen LogP contribution >= 0.6 is 0 Å². The third-order valence-corrected chi connectivity index (χ3v) is 2.14. The summed E-state index contributed by atoms with van der Waals surface area (Å²) >= 11 is 0. The van der Waals surface area contributed by atoms with Gasteiger partial charge in [0.1, 0.15) is 0 Å². The smallest absolute Gasteiger partial charge is 0.330 e. The van der Waals surface area contributed by atoms with Gasteiger partial charge < -0.3 is 9.84 Å². The van der Waals surface area contributed by atoms with Gasteiger partial charge in [-0.1, -0.05) is 6.08 Å². The Kier molecular flexibility index (Phi) is 8.12. The van der Waals surface area contributed by atoms with E-state index in [9.17, 15) is 4.79 Å². The minimum Gasteiger partial charge on any atom is -0.478 e. The first-order chi connectivity index (χ1) is 7.61. The highest BCUT2D eigenvalue weighted by atomic mass is 16.5. The van der Waals surface area contributed by atoms with Crippen molar-refractivity contribution >= 4 is 5.97 Å². The summed E-state index contributed by atoms with van der Waals surface area (Å²) in [6, 6.07) is 2.07. The maximum atomic E-state index is 10.6. The SMILES string of the molecule is COCCN(CC=C(C)C(=O)O)CCC#N. The van der Waals surface area contributed by atoms with E-state index >= 15 is 0 Å². The van der Waals surface area contributed by atoms with Crippen LogP contribution in [0, 0.1) is 11.3 Å². The summed E-state index contributed by atoms with van der Waals surface area (Å²) in [4.78, 5) is 12.6. The standard InChI is InChI=1S/C11H18N2O3/c1-10(11(14)15)4-7-13(6-3-5-12)8-9-16-2/h4H,3,6-9H2,1-2H3,(H,14,15). The summed E-state index contributed by atoms with van der Waals surface area (Å²) in [5.74, 6) is -0.910. The molecule has 0 unspecified atom stereocenters. The minimum absolute atomic E-state index is 0.319. The van der Waals surface area contributed by atoms with Gasteiger partial charge in [0.05, 0.1) is 12.7 Å². The maximum Gasteiger partial charge on any atom is 0.330 e. The number of rotatable bonds is 8. The molecule has 0 radical (unpaired) electrons. The van der Waals surface area contributed by atoms with Crippen LogP contribution in [0.1, 0.15) is 13.3 Å². The molecule has 0 bridgehead atoms. The summed E-state index contributed by atoms with van der Waals surface area (Å²) in [6.45, 7) is 3.99. The summed E-state index contributed by atoms with van der Waals surface area (Å²) in [5, 5.41) is 17.2. The molecule has 5 heteroatoms. The normalized spacial score (nSPS) is 11.5. The first-order valence-corrected chi connectivity index (χ1v) is 5.10. The molecule has 0 aromatic rings. The number of nitriles is 1. The summed E-state index contributed by atoms with van der Waals surface area (Å²) < 4.78 is 4.94. The van der Waals surface area contributed by atoms with Gasteiger partial charge in [-0.3, -0.25) is 4.90 Å². The zero-order chi connectivity index (χ0) is 12.4. The zero-order valence-corrected chi connectivity index (χ0v) is 9.77. The first kappa shape index (κ1) is 14.6. The molecule has 0 aromatic carbocycles. The van der Waals surface area contributed by atoms with Crippen molar-refractivity contribution in [2.45, 2.75) is 13.3 Å². The summed E-state index contributed by atoms with van der Waals surface area (Å²) in [6.07, 6.45) is 2.08. The lowest BCUT2D eigenvalue weighted by atomic mass is 10.2. The van der Waals surface area contributed by atoms with Crippen LogP contribution in [0.5, 0.6) is 0 Å². The molecule has 5 nitrogen and oxygen atoms in total. The lowest BCUT2D eigenvalue weighted by molar-refractivity contribution is -0.132. The van der Waals surface area contributed by atoms with Gasteiger partial charge >= 0.3 is 5.97 Å². The molecule has 0 atom stereocenters. The number of carboxylic acids is 1. The maximum absolute atomic E-state index is 10.6. The largest absolute Gasteiger partial charge is 0.478 e. The molecular weight excluding hydrogens is 208 g/mol. The Labute approximate surface area is 95.9 Å². The molecule has 0 heterocycles. The van der Waals surface area contributed by atoms with E-state index in [1.165, 1.54) is 0 Å². The second-order valence-electron chi connectivity index (χ2n) is 3.39. The lowest BCUT2D eigenvalue weighted by Gasteiger charge is -2.18. The summed E-state index contributed by atoms with van der Waals surface area (Å²) in [7, 11) is 1.61. The molecular formula is C11H18N2O3. The third kappa shape index (κ3) is 6.98. The number of nitrogens with zero attached hydrogens (tertiary/aromatic N) is 2. The highest BCUT2D eigenvalue weighted by Gasteiger charge is 2.04. The van der Waals surface area contributed by atoms with Gasteiger partial charge in [0, 0.05) is 38.7 Å². The van der Waals surface area contributed by atoms with Crippen LogP contribution in [0.25, 0.3) is 0 Å². The highest BCUT2D eigenvalue weighted by molar-refractivity contribution is 5.85. The summed E-state index contributed by atoms with van der Waals surface area (Å²) in [5.41, 5.74) is 0.319. The predicted octanol–water partition coefficient (Wildman–Crippen LogP) is 0.879. The van der Waals surface area contributed by atoms with Crippen LogP contribution in [-0.2, 0) is 9.53 Å². The predicted molar refractivity (Wildman–Crippen MR) is 59.9 cm³/mol. The fourth-order valence-electron chi connectivity index (χ4n) is 1.08. The Morgan fingerprint density at radius 1 is 1.56 bits per heavy atom. The molecule has 16 heavy (non-hydrogen) atoms. The molecule has 0 saturated carbocycles. The molecule has 0 spiro atoms. The van der Waals surface area contributed by atoms with Gasteiger partial charge in [0.15, 0.2) is 0 Å². The molecule has 90 valence electrons. The molecule has 0 fully saturated rings. The quantitative estimate of drug-likeness (QED) is 0.622. The zero-order valence-electron chi connectivity index (χ0n) is 9.77. The van der Waals surface area contributed by atoms with Gasteiger partial charge in [-0.15, -0.1) is 0 Å². The van der Waals surface area contributed by atoms with Gasteiger partial charge in [-0.2, -0.15) is 5.26 Å². The van der Waals surface area contributed by atoms with E-state index in [-0.39, 0.29) is 0 Å². The van der Waals surface area contributed by atoms with E-state index in [2.05, 4.69) is 6.07 Å². The van der Waals surface area contributed by atoms with Crippen LogP contribution < -0.4 is 0 Å². The van der Waals surface area contributed by atoms with Crippen molar-refractivity contribution in [3.05, 3.63) is 11.6 Å². The van der Waals surface area contributed by atoms with E-state index in [1.54, 1.807) is 20.1 Å². The number of hydrogen-bond donors (Lipinski definition) is 1. The lowest BCUT2D eigenvalue weighted by Crippen LogP contribution is -2.29. The average Bonchev–Trinajstić information content (AvgIpc) is 2.27. The van der Waals surface area contributed by atoms with Crippen LogP contribution in [0.3, 0.4) is 0 Å². The van der Waals surface area contributed by atoms with Gasteiger partial charge in [-0.25, -0.2) is 4.79 Å². The minimum atomic E-state index is -0.910. The Morgan fingerprint density at radius 3 is 2.75 bits per heavy atom. The first-order valence-electron chi connectivity index (χ1n) is 5.10. The van der Waals surface area contributed by atoms with Crippen molar-refractivity contribution < 1.29 is 14.6 Å². The number of ether oxygens (including phenoxy) is 1. The van der Waals surface area contributed by atoms with E-state index in [0.717, 1.165) is 0 Å². The van der Waals surface area contributed by atoms with E-state index in [4.69, 9.17) is 15.1 Å². The number of methoxy groups -OCH3 is 1. The third-order valence-electron chi connectivity index (χ3n) is 2.14. The fraction of sp³-hybridized carbons (Fsp3) is 0.636. The molecule has 0 rings (SSSR count). The molecule has 0 aromatic heterocycles. The van der Waals surface area contributed by atoms with Gasteiger partial charge in [0.25, 0.3) is 0 Å². The molecule has 0 aliphatic carbocycles. The highest BCUT2D eigenvalue weighted by Crippen LogP contribution is 1.97. The Bertz CT molecular complexity index is 281. The van der Waals surface area contributed by atoms with Crippen molar-refractivity contribution in [1.29, 1.82) is 5.26 Å². The Hall–Kier alpha value is -1.38. The number of carboxylic acid groups (broad SMARTS) is 1. The van der Waals surface area contributed by atoms with Crippen LogP contribution in [-0.4, -0.2) is 49.3 Å². The van der Waals surface area contributed by atoms with Crippen LogP contribution in [0.15, 0.2) is 11.6 Å². The second kappa shape index (κ2) is 8.89. The van der Waals surface area contributed by atoms with E-state index in [0.29, 0.717) is 38.2 Å². The van der Waals surface area contributed by atoms with E-state index in [1.807, 2.05) is 4.90 Å². The number of aliphatic carboxylic acids is 1. The van der Waals surface area contributed by atoms with E-state index < -0.39 is 5.97 Å². The Balaban J connectivity index is 4.14. The van der Waals surface area contributed by atoms with Crippen LogP contribution in [0.2, 0.25) is 0 Å². The second-order valence-corrected chi connectivity index (χ2v) is 3.39. The number of carbonyl (C=O) groups is 1. The number of hydrogen-bond acceptors (Lipinski definition) is 4. The van der Waals surface area contributed by atoms with Gasteiger partial charge in [-0.05, 0) is 6.92 Å². The monoisotopic (exact) mass is 226 g/mol. The Morgan fingerprint density at radius 2 is 2.25 bits per heavy atom. The molecule has 0 amide bonds. The molecule has 1 N–H and O–H groups in total. The van der Waals surface area contributed by atoms with Crippen molar-refractivity contribution in [2.75, 3.05) is 33.4 Å². The average molecular weight is 226 g/mol. The topological polar surface area (TPSA) is 73.6 Å². The van der Waals surface area contributed by atoms with Crippen molar-refractivity contribution in [3.63, 3.8) is 0 Å². The van der Waals surface area contributed by atoms with Crippen molar-refractivity contribution in [1.82, 2.24) is 4.90 Å². The molecule has 0 saturated heterocycles. The van der Waals surface area contributed by atoms with Crippen molar-refractivity contribution in [2.24, 2.45) is 0 Å². The van der Waals surface area contributed by atoms with Gasteiger partial charge in [0.2, 0.25) is 0 Å².